The van der Waals surface area contributed by atoms with Crippen molar-refractivity contribution in [3.8, 4) is 0 Å². The van der Waals surface area contributed by atoms with Crippen molar-refractivity contribution in [3.63, 3.8) is 0 Å². The second-order valence-corrected chi connectivity index (χ2v) is 1.13. The van der Waals surface area contributed by atoms with E-state index in [-0.39, 0.29) is 0 Å². The van der Waals surface area contributed by atoms with Crippen molar-refractivity contribution in [2.45, 2.75) is 6.92 Å². The zero-order valence-corrected chi connectivity index (χ0v) is 4.26. The Morgan fingerprint density at radius 1 is 1.71 bits per heavy atom. The van der Waals surface area contributed by atoms with Gasteiger partial charge in [-0.1, -0.05) is 0 Å². The lowest BCUT2D eigenvalue weighted by Crippen LogP contribution is -1.92. The Kier molecular flexibility index (Phi) is 2.76. The summed E-state index contributed by atoms with van der Waals surface area (Å²) in [4.78, 5) is 0. The maximum Gasteiger partial charge on any atom is 0.0583 e. The summed E-state index contributed by atoms with van der Waals surface area (Å²) >= 11 is 0. The lowest BCUT2D eigenvalue weighted by molar-refractivity contribution is 1.24. The fourth-order valence-corrected chi connectivity index (χ4v) is 0.182. The Morgan fingerprint density at radius 2 is 2.29 bits per heavy atom. The molecule has 7 heavy (non-hydrogen) atoms. The van der Waals surface area contributed by atoms with Gasteiger partial charge in [0.05, 0.1) is 5.71 Å². The van der Waals surface area contributed by atoms with Gasteiger partial charge in [-0.2, -0.15) is 5.10 Å². The molecule has 0 aliphatic carbocycles. The molecule has 0 bridgehead atoms. The van der Waals surface area contributed by atoms with Gasteiger partial charge >= 0.3 is 0 Å². The molecule has 3 heteroatoms. The maximum atomic E-state index is 4.99. The molecule has 3 nitrogen and oxygen atoms in total. The molecular formula is C4H9N3. The van der Waals surface area contributed by atoms with E-state index in [1.807, 2.05) is 0 Å². The summed E-state index contributed by atoms with van der Waals surface area (Å²) in [5.74, 6) is 4.84. The maximum absolute atomic E-state index is 4.99. The van der Waals surface area contributed by atoms with Gasteiger partial charge in [-0.15, -0.1) is 0 Å². The Morgan fingerprint density at radius 3 is 2.43 bits per heavy atom. The lowest BCUT2D eigenvalue weighted by atomic mass is 10.4. The summed E-state index contributed by atoms with van der Waals surface area (Å²) in [6, 6.07) is 0. The minimum absolute atomic E-state index is 0.725. The van der Waals surface area contributed by atoms with E-state index in [9.17, 15) is 0 Å². The highest BCUT2D eigenvalue weighted by molar-refractivity contribution is 5.92. The smallest absolute Gasteiger partial charge is 0.0583 e. The van der Waals surface area contributed by atoms with Gasteiger partial charge in [0.25, 0.3) is 0 Å². The van der Waals surface area contributed by atoms with Crippen LogP contribution in [0, 0.1) is 0 Å². The Bertz CT molecular complexity index is 93.1. The lowest BCUT2D eigenvalue weighted by Gasteiger charge is -1.80. The van der Waals surface area contributed by atoms with Gasteiger partial charge in [0, 0.05) is 0 Å². The van der Waals surface area contributed by atoms with Crippen LogP contribution in [-0.4, -0.2) is 5.71 Å². The van der Waals surface area contributed by atoms with Crippen LogP contribution in [0.1, 0.15) is 6.92 Å². The molecule has 0 aromatic rings. The van der Waals surface area contributed by atoms with Gasteiger partial charge < -0.3 is 11.6 Å². The monoisotopic (exact) mass is 99.1 g/mol. The van der Waals surface area contributed by atoms with Crippen molar-refractivity contribution in [1.82, 2.24) is 0 Å². The third-order valence-electron chi connectivity index (χ3n) is 0.541. The van der Waals surface area contributed by atoms with Gasteiger partial charge in [-0.25, -0.2) is 0 Å². The van der Waals surface area contributed by atoms with E-state index in [1.54, 1.807) is 13.0 Å². The summed E-state index contributed by atoms with van der Waals surface area (Å²) in [5, 5.41) is 3.33. The number of hydrogen-bond acceptors (Lipinski definition) is 3. The minimum atomic E-state index is 0.725. The molecule has 0 aromatic carbocycles. The summed E-state index contributed by atoms with van der Waals surface area (Å²) in [5.41, 5.74) is 5.71. The van der Waals surface area contributed by atoms with Crippen LogP contribution in [0.2, 0.25) is 0 Å². The first-order valence-corrected chi connectivity index (χ1v) is 1.94. The van der Waals surface area contributed by atoms with Gasteiger partial charge in [0.2, 0.25) is 0 Å². The van der Waals surface area contributed by atoms with Gasteiger partial charge in [-0.05, 0) is 19.2 Å². The second-order valence-electron chi connectivity index (χ2n) is 1.13. The van der Waals surface area contributed by atoms with Crippen molar-refractivity contribution in [2.75, 3.05) is 0 Å². The molecular weight excluding hydrogens is 90.1 g/mol. The first-order valence-electron chi connectivity index (χ1n) is 1.94. The molecule has 0 saturated heterocycles. The molecule has 0 radical (unpaired) electrons. The summed E-state index contributed by atoms with van der Waals surface area (Å²) < 4.78 is 0. The van der Waals surface area contributed by atoms with Crippen molar-refractivity contribution < 1.29 is 0 Å². The van der Waals surface area contributed by atoms with Crippen molar-refractivity contribution in [1.29, 1.82) is 0 Å². The predicted molar refractivity (Wildman–Crippen MR) is 30.6 cm³/mol. The highest BCUT2D eigenvalue weighted by Crippen LogP contribution is 1.70. The van der Waals surface area contributed by atoms with Crippen molar-refractivity contribution >= 4 is 5.71 Å². The van der Waals surface area contributed by atoms with Crippen LogP contribution in [0.4, 0.5) is 0 Å². The average Bonchev–Trinajstić information content (AvgIpc) is 1.68. The molecule has 0 saturated carbocycles. The number of nitrogens with zero attached hydrogens (tertiary/aromatic N) is 1. The molecule has 0 unspecified atom stereocenters. The van der Waals surface area contributed by atoms with Crippen molar-refractivity contribution in [2.24, 2.45) is 16.7 Å². The van der Waals surface area contributed by atoms with E-state index in [4.69, 9.17) is 11.6 Å². The Labute approximate surface area is 42.7 Å². The second kappa shape index (κ2) is 3.21. The average molecular weight is 99.1 g/mol. The van der Waals surface area contributed by atoms with Crippen molar-refractivity contribution in [3.05, 3.63) is 12.3 Å². The van der Waals surface area contributed by atoms with Crippen LogP contribution in [0.3, 0.4) is 0 Å². The molecule has 0 aromatic heterocycles. The fraction of sp³-hybridized carbons (Fsp3) is 0.250. The highest BCUT2D eigenvalue weighted by atomic mass is 15.1. The third-order valence-corrected chi connectivity index (χ3v) is 0.541. The quantitative estimate of drug-likeness (QED) is 0.271. The fourth-order valence-electron chi connectivity index (χ4n) is 0.182. The van der Waals surface area contributed by atoms with Gasteiger partial charge in [0.15, 0.2) is 0 Å². The summed E-state index contributed by atoms with van der Waals surface area (Å²) in [6.07, 6.45) is 3.02. The minimum Gasteiger partial charge on any atom is -0.405 e. The molecule has 0 aliphatic heterocycles. The van der Waals surface area contributed by atoms with E-state index in [0.29, 0.717) is 0 Å². The van der Waals surface area contributed by atoms with Gasteiger partial charge in [-0.3, -0.25) is 0 Å². The van der Waals surface area contributed by atoms with Gasteiger partial charge in [0.1, 0.15) is 0 Å². The molecule has 0 fully saturated rings. The summed E-state index contributed by atoms with van der Waals surface area (Å²) in [7, 11) is 0. The number of allylic oxidation sites excluding steroid dienone is 1. The van der Waals surface area contributed by atoms with Crippen LogP contribution in [0.25, 0.3) is 0 Å². The number of nitrogens with two attached hydrogens (primary N) is 2. The summed E-state index contributed by atoms with van der Waals surface area (Å²) in [6.45, 7) is 1.77. The molecule has 0 heterocycles. The van der Waals surface area contributed by atoms with E-state index in [0.717, 1.165) is 5.71 Å². The van der Waals surface area contributed by atoms with Crippen LogP contribution >= 0.6 is 0 Å². The predicted octanol–water partition coefficient (Wildman–Crippen LogP) is -0.207. The normalized spacial score (nSPS) is 13.0. The highest BCUT2D eigenvalue weighted by Gasteiger charge is 1.73. The zero-order chi connectivity index (χ0) is 5.70. The molecule has 0 amide bonds. The third kappa shape index (κ3) is 2.82. The van der Waals surface area contributed by atoms with E-state index in [1.165, 1.54) is 6.20 Å². The molecule has 0 rings (SSSR count). The molecule has 4 N–H and O–H groups in total. The number of rotatable bonds is 1. The first-order chi connectivity index (χ1) is 3.31. The van der Waals surface area contributed by atoms with Crippen LogP contribution < -0.4 is 11.6 Å². The SMILES string of the molecule is CC(C=CN)=NN. The largest absolute Gasteiger partial charge is 0.405 e. The number of hydrogen-bond donors (Lipinski definition) is 2. The Balaban J connectivity index is 3.58. The topological polar surface area (TPSA) is 64.4 Å². The molecule has 0 spiro atoms. The standard InChI is InChI=1S/C4H9N3/c1-4(7-6)2-3-5/h2-3H,5-6H2,1H3. The van der Waals surface area contributed by atoms with Crippen LogP contribution in [0.15, 0.2) is 17.4 Å². The number of hydrazone groups is 1. The van der Waals surface area contributed by atoms with E-state index in [2.05, 4.69) is 5.10 Å². The van der Waals surface area contributed by atoms with E-state index >= 15 is 0 Å². The first kappa shape index (κ1) is 6.01. The van der Waals surface area contributed by atoms with E-state index < -0.39 is 0 Å². The van der Waals surface area contributed by atoms with Crippen LogP contribution in [0.5, 0.6) is 0 Å². The zero-order valence-electron chi connectivity index (χ0n) is 4.26. The molecule has 40 valence electrons. The van der Waals surface area contributed by atoms with Crippen LogP contribution in [-0.2, 0) is 0 Å². The Hall–Kier alpha value is -0.990. The molecule has 0 aliphatic rings. The molecule has 0 atom stereocenters.